The number of ether oxygens (including phenoxy) is 2. The van der Waals surface area contributed by atoms with E-state index in [0.717, 1.165) is 5.56 Å². The van der Waals surface area contributed by atoms with Gasteiger partial charge in [0.15, 0.2) is 11.5 Å². The number of amides is 1. The average molecular weight is 573 g/mol. The summed E-state index contributed by atoms with van der Waals surface area (Å²) in [6.07, 6.45) is 2.69. The summed E-state index contributed by atoms with van der Waals surface area (Å²) >= 11 is 12.3. The number of hydrogen-bond acceptors (Lipinski definition) is 6. The summed E-state index contributed by atoms with van der Waals surface area (Å²) in [4.78, 5) is 19.3. The van der Waals surface area contributed by atoms with Crippen LogP contribution in [-0.2, 0) is 4.79 Å². The number of hydrogen-bond donors (Lipinski definition) is 1. The van der Waals surface area contributed by atoms with Crippen LogP contribution in [0.25, 0.3) is 16.5 Å². The predicted octanol–water partition coefficient (Wildman–Crippen LogP) is 7.25. The highest BCUT2D eigenvalue weighted by molar-refractivity contribution is 6.42. The third-order valence-electron chi connectivity index (χ3n) is 6.87. The number of benzene rings is 3. The molecule has 40 heavy (non-hydrogen) atoms. The Hall–Kier alpha value is -4.25. The van der Waals surface area contributed by atoms with Crippen LogP contribution in [0.5, 0.6) is 11.5 Å². The van der Waals surface area contributed by atoms with Gasteiger partial charge in [-0.1, -0.05) is 60.1 Å². The molecule has 3 aromatic carbocycles. The average Bonchev–Trinajstić information content (AvgIpc) is 2.99. The number of methoxy groups -OCH3 is 1. The van der Waals surface area contributed by atoms with Gasteiger partial charge < -0.3 is 19.7 Å². The minimum absolute atomic E-state index is 0.0685. The van der Waals surface area contributed by atoms with E-state index < -0.39 is 0 Å². The van der Waals surface area contributed by atoms with Crippen molar-refractivity contribution in [3.05, 3.63) is 94.6 Å². The van der Waals surface area contributed by atoms with Crippen LogP contribution in [0.1, 0.15) is 24.0 Å². The molecule has 1 aromatic heterocycles. The molecular weight excluding hydrogens is 547 g/mol. The van der Waals surface area contributed by atoms with Crippen molar-refractivity contribution >= 4 is 57.0 Å². The molecule has 9 heteroatoms. The highest BCUT2D eigenvalue weighted by Gasteiger charge is 2.27. The van der Waals surface area contributed by atoms with E-state index in [1.165, 1.54) is 6.20 Å². The molecule has 1 fully saturated rings. The van der Waals surface area contributed by atoms with E-state index in [-0.39, 0.29) is 12.0 Å². The SMILES string of the molecule is C=C(C(=O)N1CCC(Oc2cc3c(Nc4ccc(Cl)c(Cl)c4)c(C#N)cnc3cc2OC)CC1)c1ccccc1. The van der Waals surface area contributed by atoms with Crippen LogP contribution in [0.2, 0.25) is 10.0 Å². The number of rotatable bonds is 7. The number of piperidine rings is 1. The first kappa shape index (κ1) is 27.3. The summed E-state index contributed by atoms with van der Waals surface area (Å²) in [7, 11) is 1.57. The van der Waals surface area contributed by atoms with Gasteiger partial charge in [-0.2, -0.15) is 5.26 Å². The quantitative estimate of drug-likeness (QED) is 0.235. The Kier molecular flexibility index (Phi) is 8.11. The van der Waals surface area contributed by atoms with Crippen molar-refractivity contribution in [1.29, 1.82) is 5.26 Å². The monoisotopic (exact) mass is 572 g/mol. The molecule has 0 atom stereocenters. The maximum absolute atomic E-state index is 13.0. The lowest BCUT2D eigenvalue weighted by Gasteiger charge is -2.33. The molecule has 2 heterocycles. The van der Waals surface area contributed by atoms with E-state index in [9.17, 15) is 10.1 Å². The molecule has 4 aromatic rings. The Balaban J connectivity index is 1.37. The number of likely N-dealkylation sites (tertiary alicyclic amines) is 1. The van der Waals surface area contributed by atoms with Gasteiger partial charge in [0, 0.05) is 54.8 Å². The number of aromatic nitrogens is 1. The van der Waals surface area contributed by atoms with Crippen molar-refractivity contribution < 1.29 is 14.3 Å². The number of pyridine rings is 1. The van der Waals surface area contributed by atoms with Gasteiger partial charge in [0.05, 0.1) is 33.9 Å². The Bertz CT molecular complexity index is 1630. The first-order valence-electron chi connectivity index (χ1n) is 12.7. The van der Waals surface area contributed by atoms with E-state index >= 15 is 0 Å². The summed E-state index contributed by atoms with van der Waals surface area (Å²) in [5.74, 6) is 0.991. The smallest absolute Gasteiger partial charge is 0.253 e. The van der Waals surface area contributed by atoms with Crippen molar-refractivity contribution in [1.82, 2.24) is 9.88 Å². The third kappa shape index (κ3) is 5.69. The Morgan fingerprint density at radius 2 is 1.82 bits per heavy atom. The fourth-order valence-corrected chi connectivity index (χ4v) is 5.00. The summed E-state index contributed by atoms with van der Waals surface area (Å²) in [6.45, 7) is 5.11. The minimum atomic E-state index is -0.126. The van der Waals surface area contributed by atoms with Gasteiger partial charge in [0.25, 0.3) is 5.91 Å². The van der Waals surface area contributed by atoms with Gasteiger partial charge in [-0.25, -0.2) is 0 Å². The van der Waals surface area contributed by atoms with Crippen molar-refractivity contribution in [2.75, 3.05) is 25.5 Å². The first-order chi connectivity index (χ1) is 19.4. The van der Waals surface area contributed by atoms with Gasteiger partial charge >= 0.3 is 0 Å². The van der Waals surface area contributed by atoms with Crippen LogP contribution in [0.15, 0.2) is 73.4 Å². The van der Waals surface area contributed by atoms with E-state index in [2.05, 4.69) is 22.9 Å². The second-order valence-electron chi connectivity index (χ2n) is 9.39. The zero-order valence-corrected chi connectivity index (χ0v) is 23.3. The number of nitrogens with zero attached hydrogens (tertiary/aromatic N) is 3. The molecule has 1 N–H and O–H groups in total. The molecule has 7 nitrogen and oxygen atoms in total. The van der Waals surface area contributed by atoms with Crippen molar-refractivity contribution in [2.45, 2.75) is 18.9 Å². The molecule has 1 saturated heterocycles. The van der Waals surface area contributed by atoms with Gasteiger partial charge in [-0.05, 0) is 29.8 Å². The Morgan fingerprint density at radius 1 is 1.07 bits per heavy atom. The van der Waals surface area contributed by atoms with E-state index in [1.807, 2.05) is 41.3 Å². The van der Waals surface area contributed by atoms with Crippen LogP contribution in [0, 0.1) is 11.3 Å². The highest BCUT2D eigenvalue weighted by Crippen LogP contribution is 2.39. The van der Waals surface area contributed by atoms with Crippen LogP contribution in [0.4, 0.5) is 11.4 Å². The number of anilines is 2. The standard InChI is InChI=1S/C31H26Cl2N4O3/c1-19(20-6-4-3-5-7-20)31(38)37-12-10-23(11-13-37)40-29-15-24-27(16-28(29)39-2)35-18-21(17-34)30(24)36-22-8-9-25(32)26(33)14-22/h3-9,14-16,18,23H,1,10-13H2,2H3,(H,35,36). The van der Waals surface area contributed by atoms with Gasteiger partial charge in [0.1, 0.15) is 12.2 Å². The van der Waals surface area contributed by atoms with E-state index in [0.29, 0.717) is 80.9 Å². The Labute approximate surface area is 242 Å². The topological polar surface area (TPSA) is 87.5 Å². The summed E-state index contributed by atoms with van der Waals surface area (Å²) in [5.41, 5.74) is 3.54. The van der Waals surface area contributed by atoms with E-state index in [1.54, 1.807) is 31.4 Å². The Morgan fingerprint density at radius 3 is 2.50 bits per heavy atom. The fourth-order valence-electron chi connectivity index (χ4n) is 4.70. The zero-order chi connectivity index (χ0) is 28.2. The maximum atomic E-state index is 13.0. The number of carbonyl (C=O) groups excluding carboxylic acids is 1. The number of fused-ring (bicyclic) bond motifs is 1. The molecule has 0 radical (unpaired) electrons. The molecule has 5 rings (SSSR count). The normalized spacial score (nSPS) is 13.5. The molecule has 1 amide bonds. The molecule has 0 spiro atoms. The van der Waals surface area contributed by atoms with Gasteiger partial charge in [0.2, 0.25) is 0 Å². The number of halogens is 2. The fraction of sp³-hybridized carbons (Fsp3) is 0.194. The van der Waals surface area contributed by atoms with Crippen LogP contribution in [-0.4, -0.2) is 42.1 Å². The largest absolute Gasteiger partial charge is 0.493 e. The molecule has 1 aliphatic rings. The number of carbonyl (C=O) groups is 1. The molecular formula is C31H26Cl2N4O3. The van der Waals surface area contributed by atoms with Crippen LogP contribution in [0.3, 0.4) is 0 Å². The van der Waals surface area contributed by atoms with Crippen molar-refractivity contribution in [3.63, 3.8) is 0 Å². The molecule has 1 aliphatic heterocycles. The van der Waals surface area contributed by atoms with Crippen molar-refractivity contribution in [3.8, 4) is 17.6 Å². The van der Waals surface area contributed by atoms with Crippen LogP contribution < -0.4 is 14.8 Å². The molecule has 0 aliphatic carbocycles. The highest BCUT2D eigenvalue weighted by atomic mass is 35.5. The van der Waals surface area contributed by atoms with Crippen LogP contribution >= 0.6 is 23.2 Å². The summed E-state index contributed by atoms with van der Waals surface area (Å²) in [6, 6.07) is 20.5. The first-order valence-corrected chi connectivity index (χ1v) is 13.5. The van der Waals surface area contributed by atoms with Gasteiger partial charge in [-0.3, -0.25) is 9.78 Å². The van der Waals surface area contributed by atoms with Crippen molar-refractivity contribution in [2.24, 2.45) is 0 Å². The lowest BCUT2D eigenvalue weighted by Crippen LogP contribution is -2.42. The molecule has 202 valence electrons. The number of nitriles is 1. The number of nitrogens with one attached hydrogen (secondary N) is 1. The maximum Gasteiger partial charge on any atom is 0.253 e. The molecule has 0 bridgehead atoms. The second-order valence-corrected chi connectivity index (χ2v) is 10.2. The zero-order valence-electron chi connectivity index (χ0n) is 21.8. The summed E-state index contributed by atoms with van der Waals surface area (Å²) in [5, 5.41) is 14.6. The molecule has 0 unspecified atom stereocenters. The minimum Gasteiger partial charge on any atom is -0.493 e. The molecule has 0 saturated carbocycles. The van der Waals surface area contributed by atoms with Gasteiger partial charge in [-0.15, -0.1) is 0 Å². The van der Waals surface area contributed by atoms with E-state index in [4.69, 9.17) is 32.7 Å². The lowest BCUT2D eigenvalue weighted by atomic mass is 10.0. The third-order valence-corrected chi connectivity index (χ3v) is 7.61. The predicted molar refractivity (Wildman–Crippen MR) is 158 cm³/mol. The second kappa shape index (κ2) is 11.9. The lowest BCUT2D eigenvalue weighted by molar-refractivity contribution is -0.126. The summed E-state index contributed by atoms with van der Waals surface area (Å²) < 4.78 is 12.0.